The Kier molecular flexibility index (Phi) is 4.78. The van der Waals surface area contributed by atoms with E-state index in [1.807, 2.05) is 24.4 Å². The van der Waals surface area contributed by atoms with Gasteiger partial charge in [-0.15, -0.1) is 11.3 Å². The van der Waals surface area contributed by atoms with E-state index in [0.29, 0.717) is 16.6 Å². The van der Waals surface area contributed by atoms with Crippen molar-refractivity contribution >= 4 is 34.0 Å². The van der Waals surface area contributed by atoms with Gasteiger partial charge in [0.1, 0.15) is 11.1 Å². The maximum atomic E-state index is 12.3. The van der Waals surface area contributed by atoms with Crippen molar-refractivity contribution in [1.29, 1.82) is 5.26 Å². The van der Waals surface area contributed by atoms with E-state index >= 15 is 0 Å². The SMILES string of the molecule is N#Cc1ccsc1NC(=O)CSc1ncc(-c2ccccc2)n1C1CC1. The standard InChI is InChI=1S/C19H16N4OS2/c20-10-14-8-9-25-18(14)22-17(24)12-26-19-21-11-16(23(19)15-6-7-15)13-4-2-1-3-5-13/h1-5,8-9,11,15H,6-7,12H2,(H,22,24). The molecule has 4 rings (SSSR count). The van der Waals surface area contributed by atoms with Gasteiger partial charge in [-0.25, -0.2) is 4.98 Å². The lowest BCUT2D eigenvalue weighted by molar-refractivity contribution is -0.113. The van der Waals surface area contributed by atoms with Crippen molar-refractivity contribution in [3.63, 3.8) is 0 Å². The van der Waals surface area contributed by atoms with Crippen LogP contribution in [0.15, 0.2) is 53.1 Å². The molecule has 1 aromatic carbocycles. The maximum absolute atomic E-state index is 12.3. The second-order valence-electron chi connectivity index (χ2n) is 6.01. The predicted octanol–water partition coefficient (Wildman–Crippen LogP) is 4.55. The number of nitriles is 1. The van der Waals surface area contributed by atoms with E-state index in [2.05, 4.69) is 33.1 Å². The van der Waals surface area contributed by atoms with Gasteiger partial charge >= 0.3 is 0 Å². The summed E-state index contributed by atoms with van der Waals surface area (Å²) in [5.74, 6) is 0.140. The zero-order valence-corrected chi connectivity index (χ0v) is 15.5. The van der Waals surface area contributed by atoms with Gasteiger partial charge in [0.2, 0.25) is 5.91 Å². The molecule has 130 valence electrons. The summed E-state index contributed by atoms with van der Waals surface area (Å²) in [4.78, 5) is 16.8. The number of nitrogens with zero attached hydrogens (tertiary/aromatic N) is 3. The largest absolute Gasteiger partial charge is 0.316 e. The molecule has 26 heavy (non-hydrogen) atoms. The fraction of sp³-hybridized carbons (Fsp3) is 0.211. The van der Waals surface area contributed by atoms with Crippen LogP contribution in [0.5, 0.6) is 0 Å². The number of carbonyl (C=O) groups is 1. The number of hydrogen-bond acceptors (Lipinski definition) is 5. The molecular formula is C19H16N4OS2. The third-order valence-electron chi connectivity index (χ3n) is 4.12. The van der Waals surface area contributed by atoms with Gasteiger partial charge in [-0.05, 0) is 29.9 Å². The molecule has 2 aromatic heterocycles. The zero-order valence-electron chi connectivity index (χ0n) is 13.9. The number of imidazole rings is 1. The minimum absolute atomic E-state index is 0.124. The first kappa shape index (κ1) is 16.9. The minimum atomic E-state index is -0.124. The highest BCUT2D eigenvalue weighted by Crippen LogP contribution is 2.41. The molecule has 2 heterocycles. The summed E-state index contributed by atoms with van der Waals surface area (Å²) >= 11 is 2.79. The van der Waals surface area contributed by atoms with Gasteiger partial charge < -0.3 is 9.88 Å². The van der Waals surface area contributed by atoms with Crippen LogP contribution in [-0.4, -0.2) is 21.2 Å². The molecule has 1 saturated carbocycles. The zero-order chi connectivity index (χ0) is 17.9. The quantitative estimate of drug-likeness (QED) is 0.637. The number of anilines is 1. The molecule has 7 heteroatoms. The van der Waals surface area contributed by atoms with Crippen LogP contribution in [0.4, 0.5) is 5.00 Å². The fourth-order valence-electron chi connectivity index (χ4n) is 2.75. The molecule has 1 aliphatic rings. The monoisotopic (exact) mass is 380 g/mol. The molecule has 1 N–H and O–H groups in total. The highest BCUT2D eigenvalue weighted by atomic mass is 32.2. The highest BCUT2D eigenvalue weighted by Gasteiger charge is 2.29. The van der Waals surface area contributed by atoms with Crippen LogP contribution in [0.1, 0.15) is 24.4 Å². The Morgan fingerprint density at radius 3 is 2.88 bits per heavy atom. The summed E-state index contributed by atoms with van der Waals surface area (Å²) in [5.41, 5.74) is 2.74. The van der Waals surface area contributed by atoms with Crippen molar-refractivity contribution in [3.05, 3.63) is 53.5 Å². The van der Waals surface area contributed by atoms with E-state index in [-0.39, 0.29) is 11.7 Å². The Balaban J connectivity index is 1.48. The van der Waals surface area contributed by atoms with Gasteiger partial charge in [0.15, 0.2) is 5.16 Å². The van der Waals surface area contributed by atoms with Crippen molar-refractivity contribution < 1.29 is 4.79 Å². The van der Waals surface area contributed by atoms with Gasteiger partial charge in [-0.3, -0.25) is 4.79 Å². The summed E-state index contributed by atoms with van der Waals surface area (Å²) in [5, 5.41) is 15.1. The van der Waals surface area contributed by atoms with E-state index in [9.17, 15) is 4.79 Å². The number of thiophene rings is 1. The van der Waals surface area contributed by atoms with Crippen LogP contribution < -0.4 is 5.32 Å². The molecule has 0 bridgehead atoms. The average Bonchev–Trinajstić information content (AvgIpc) is 3.26. The number of aromatic nitrogens is 2. The van der Waals surface area contributed by atoms with E-state index in [1.54, 1.807) is 11.4 Å². The van der Waals surface area contributed by atoms with Gasteiger partial charge in [-0.2, -0.15) is 5.26 Å². The maximum Gasteiger partial charge on any atom is 0.235 e. The molecule has 1 amide bonds. The van der Waals surface area contributed by atoms with Gasteiger partial charge in [0.05, 0.1) is 23.2 Å². The van der Waals surface area contributed by atoms with Gasteiger partial charge in [0.25, 0.3) is 0 Å². The van der Waals surface area contributed by atoms with Crippen LogP contribution >= 0.6 is 23.1 Å². The van der Waals surface area contributed by atoms with Crippen molar-refractivity contribution in [1.82, 2.24) is 9.55 Å². The van der Waals surface area contributed by atoms with E-state index in [4.69, 9.17) is 5.26 Å². The van der Waals surface area contributed by atoms with Crippen LogP contribution in [0, 0.1) is 11.3 Å². The number of benzene rings is 1. The number of nitrogens with one attached hydrogen (secondary N) is 1. The van der Waals surface area contributed by atoms with E-state index in [0.717, 1.165) is 29.3 Å². The van der Waals surface area contributed by atoms with Crippen molar-refractivity contribution in [2.45, 2.75) is 24.0 Å². The molecule has 1 aliphatic carbocycles. The van der Waals surface area contributed by atoms with Crippen molar-refractivity contribution in [3.8, 4) is 17.3 Å². The van der Waals surface area contributed by atoms with E-state index in [1.165, 1.54) is 23.1 Å². The summed E-state index contributed by atoms with van der Waals surface area (Å²) in [6, 6.07) is 14.5. The number of thioether (sulfide) groups is 1. The van der Waals surface area contributed by atoms with Crippen LogP contribution in [0.3, 0.4) is 0 Å². The topological polar surface area (TPSA) is 70.7 Å². The summed E-state index contributed by atoms with van der Waals surface area (Å²) < 4.78 is 2.25. The number of hydrogen-bond donors (Lipinski definition) is 1. The predicted molar refractivity (Wildman–Crippen MR) is 104 cm³/mol. The van der Waals surface area contributed by atoms with Crippen LogP contribution in [0.25, 0.3) is 11.3 Å². The fourth-order valence-corrected chi connectivity index (χ4v) is 4.35. The molecule has 5 nitrogen and oxygen atoms in total. The Labute approximate surface area is 159 Å². The first-order valence-electron chi connectivity index (χ1n) is 8.29. The lowest BCUT2D eigenvalue weighted by atomic mass is 10.2. The smallest absolute Gasteiger partial charge is 0.235 e. The third kappa shape index (κ3) is 3.52. The van der Waals surface area contributed by atoms with E-state index < -0.39 is 0 Å². The molecule has 0 spiro atoms. The average molecular weight is 380 g/mol. The normalized spacial score (nSPS) is 13.3. The van der Waals surface area contributed by atoms with Gasteiger partial charge in [-0.1, -0.05) is 42.1 Å². The highest BCUT2D eigenvalue weighted by molar-refractivity contribution is 7.99. The molecular weight excluding hydrogens is 364 g/mol. The Morgan fingerprint density at radius 2 is 2.15 bits per heavy atom. The Hall–Kier alpha value is -2.56. The first-order valence-corrected chi connectivity index (χ1v) is 10.2. The molecule has 0 radical (unpaired) electrons. The molecule has 3 aromatic rings. The third-order valence-corrected chi connectivity index (χ3v) is 5.91. The second kappa shape index (κ2) is 7.36. The lowest BCUT2D eigenvalue weighted by Crippen LogP contribution is -2.14. The molecule has 1 fully saturated rings. The minimum Gasteiger partial charge on any atom is -0.316 e. The summed E-state index contributed by atoms with van der Waals surface area (Å²) in [6.45, 7) is 0. The number of carbonyl (C=O) groups excluding carboxylic acids is 1. The second-order valence-corrected chi connectivity index (χ2v) is 7.86. The number of rotatable bonds is 6. The van der Waals surface area contributed by atoms with Gasteiger partial charge in [0, 0.05) is 6.04 Å². The molecule has 0 aliphatic heterocycles. The summed E-state index contributed by atoms with van der Waals surface area (Å²) in [6.07, 6.45) is 4.19. The Morgan fingerprint density at radius 1 is 1.35 bits per heavy atom. The number of amides is 1. The van der Waals surface area contributed by atoms with Crippen LogP contribution in [-0.2, 0) is 4.79 Å². The molecule has 0 saturated heterocycles. The Bertz CT molecular complexity index is 967. The van der Waals surface area contributed by atoms with Crippen molar-refractivity contribution in [2.75, 3.05) is 11.1 Å². The lowest BCUT2D eigenvalue weighted by Gasteiger charge is -2.10. The first-order chi connectivity index (χ1) is 12.8. The summed E-state index contributed by atoms with van der Waals surface area (Å²) in [7, 11) is 0. The van der Waals surface area contributed by atoms with Crippen molar-refractivity contribution in [2.24, 2.45) is 0 Å². The van der Waals surface area contributed by atoms with Crippen LogP contribution in [0.2, 0.25) is 0 Å². The molecule has 0 unspecified atom stereocenters. The molecule has 0 atom stereocenters.